The van der Waals surface area contributed by atoms with Crippen molar-refractivity contribution in [2.45, 2.75) is 0 Å². The molecule has 25 rings (SSSR count). The monoisotopic (exact) mass is 1580 g/mol. The van der Waals surface area contributed by atoms with Gasteiger partial charge in [0.25, 0.3) is 0 Å². The molecule has 25 aromatic rings. The standard InChI is InChI=1S/C109H61N5O3S3/c1-3-15-63(16-4-1)106-110-92(73-35-43-97-86(59-73)81-20-8-12-24-95(81)116-97)61-93(111-106)78-49-74(70-37-45-103-90(57-70)83-22-10-14-26-101(83)119-103)47-75(50-78)71-38-46-104-91(58-71)84-39-31-72(60-105(84)120-104)67-32-40-98-87(53-67)88-55-69(34-42-99(88)117-98)77-48-76(68-33-41-96-85(54-68)80-19-7-11-23-94(80)115-96)51-79(52-77)109-113-107(64-17-5-2-6-18-64)112-108(114-109)65-29-27-62(28-30-65)66-36-44-102-89(56-66)82-21-9-13-25-100(82)118-102/h1-61H. The summed E-state index contributed by atoms with van der Waals surface area (Å²) in [6.45, 7) is 0. The summed E-state index contributed by atoms with van der Waals surface area (Å²) in [5, 5.41) is 13.8. The van der Waals surface area contributed by atoms with E-state index in [-0.39, 0.29) is 0 Å². The van der Waals surface area contributed by atoms with Crippen molar-refractivity contribution in [3.05, 3.63) is 370 Å². The van der Waals surface area contributed by atoms with Gasteiger partial charge in [0.1, 0.15) is 33.5 Å². The second-order valence-electron chi connectivity index (χ2n) is 31.0. The van der Waals surface area contributed by atoms with Gasteiger partial charge in [0.15, 0.2) is 23.3 Å². The van der Waals surface area contributed by atoms with E-state index < -0.39 is 0 Å². The maximum absolute atomic E-state index is 6.74. The van der Waals surface area contributed by atoms with Crippen molar-refractivity contribution in [3.63, 3.8) is 0 Å². The van der Waals surface area contributed by atoms with E-state index in [1.165, 1.54) is 60.5 Å². The maximum Gasteiger partial charge on any atom is 0.164 e. The summed E-state index contributed by atoms with van der Waals surface area (Å²) < 4.78 is 27.0. The van der Waals surface area contributed by atoms with Crippen molar-refractivity contribution in [2.75, 3.05) is 0 Å². The highest BCUT2D eigenvalue weighted by Gasteiger charge is 2.23. The molecule has 0 radical (unpaired) electrons. The number of nitrogens with zero attached hydrogens (tertiary/aromatic N) is 5. The van der Waals surface area contributed by atoms with E-state index in [0.29, 0.717) is 23.3 Å². The lowest BCUT2D eigenvalue weighted by molar-refractivity contribution is 0.668. The number of rotatable bonds is 12. The van der Waals surface area contributed by atoms with Gasteiger partial charge in [-0.3, -0.25) is 0 Å². The van der Waals surface area contributed by atoms with E-state index in [9.17, 15) is 0 Å². The van der Waals surface area contributed by atoms with Crippen LogP contribution in [0.15, 0.2) is 383 Å². The van der Waals surface area contributed by atoms with Crippen molar-refractivity contribution in [1.82, 2.24) is 24.9 Å². The van der Waals surface area contributed by atoms with E-state index in [1.807, 2.05) is 94.7 Å². The number of thiophene rings is 3. The SMILES string of the molecule is c1ccc(-c2nc(-c3cc(-c4ccc5sc6ccccc6c5c4)cc(-c4ccc5sc6cc(-c7ccc8oc9ccc(-c%10cc(-c%11ccc%12oc%13ccccc%13c%12c%11)cc(-c%11nc(-c%12ccccc%12)nc(-c%12ccc(-c%13ccc%14sc%15ccccc%15c%14c%13)cc%12)n%11)c%10)cc9c8c7)ccc6c5c4)c3)cc(-c3ccc4oc5ccccc5c4c3)n2)cc1. The Kier molecular flexibility index (Phi) is 15.5. The molecule has 8 heterocycles. The molecule has 0 saturated heterocycles. The summed E-state index contributed by atoms with van der Waals surface area (Å²) in [7, 11) is 0. The third-order valence-electron chi connectivity index (χ3n) is 23.7. The van der Waals surface area contributed by atoms with Gasteiger partial charge in [0, 0.05) is 126 Å². The Balaban J connectivity index is 0.587. The molecule has 0 amide bonds. The van der Waals surface area contributed by atoms with E-state index in [0.717, 1.165) is 177 Å². The molecule has 8 aromatic heterocycles. The number of aromatic nitrogens is 5. The van der Waals surface area contributed by atoms with E-state index in [4.69, 9.17) is 38.2 Å². The average Bonchev–Trinajstić information content (AvgIpc) is 1.55. The molecule has 11 heteroatoms. The van der Waals surface area contributed by atoms with Crippen molar-refractivity contribution in [3.8, 4) is 135 Å². The fourth-order valence-electron chi connectivity index (χ4n) is 17.7. The summed E-state index contributed by atoms with van der Waals surface area (Å²) in [6, 6.07) is 132. The molecule has 0 fully saturated rings. The Morgan fingerprint density at radius 1 is 0.142 bits per heavy atom. The molecule has 120 heavy (non-hydrogen) atoms. The van der Waals surface area contributed by atoms with Crippen molar-refractivity contribution >= 4 is 160 Å². The van der Waals surface area contributed by atoms with Crippen molar-refractivity contribution < 1.29 is 13.3 Å². The zero-order valence-corrected chi connectivity index (χ0v) is 66.4. The number of benzene rings is 17. The van der Waals surface area contributed by atoms with Gasteiger partial charge in [-0.05, 0) is 231 Å². The molecule has 8 nitrogen and oxygen atoms in total. The highest BCUT2D eigenvalue weighted by molar-refractivity contribution is 7.26. The first-order chi connectivity index (χ1) is 59.3. The van der Waals surface area contributed by atoms with Gasteiger partial charge in [-0.2, -0.15) is 0 Å². The molecule has 17 aromatic carbocycles. The quantitative estimate of drug-likeness (QED) is 0.119. The van der Waals surface area contributed by atoms with Crippen molar-refractivity contribution in [2.24, 2.45) is 0 Å². The zero-order valence-electron chi connectivity index (χ0n) is 63.9. The number of para-hydroxylation sites is 2. The molecule has 0 aliphatic rings. The normalized spacial score (nSPS) is 12.0. The lowest BCUT2D eigenvalue weighted by Crippen LogP contribution is -2.00. The molecule has 0 aliphatic carbocycles. The van der Waals surface area contributed by atoms with Crippen LogP contribution in [0.25, 0.3) is 261 Å². The molecular formula is C109H61N5O3S3. The Morgan fingerprint density at radius 2 is 0.425 bits per heavy atom. The van der Waals surface area contributed by atoms with E-state index >= 15 is 0 Å². The number of fused-ring (bicyclic) bond motifs is 18. The van der Waals surface area contributed by atoms with Gasteiger partial charge >= 0.3 is 0 Å². The van der Waals surface area contributed by atoms with Crippen LogP contribution in [0.1, 0.15) is 0 Å². The molecule has 0 bridgehead atoms. The van der Waals surface area contributed by atoms with Crippen LogP contribution in [-0.4, -0.2) is 24.9 Å². The summed E-state index contributed by atoms with van der Waals surface area (Å²) in [5.41, 5.74) is 25.2. The van der Waals surface area contributed by atoms with Gasteiger partial charge in [-0.15, -0.1) is 34.0 Å². The van der Waals surface area contributed by atoms with Crippen LogP contribution in [0.5, 0.6) is 0 Å². The van der Waals surface area contributed by atoms with Crippen LogP contribution in [0, 0.1) is 0 Å². The Bertz CT molecular complexity index is 8570. The Labute approximate surface area is 698 Å². The third-order valence-corrected chi connectivity index (χ3v) is 27.2. The average molecular weight is 1580 g/mol. The highest BCUT2D eigenvalue weighted by atomic mass is 32.1. The minimum absolute atomic E-state index is 0.560. The summed E-state index contributed by atoms with van der Waals surface area (Å²) in [5.74, 6) is 2.38. The third kappa shape index (κ3) is 11.6. The molecule has 558 valence electrons. The first-order valence-corrected chi connectivity index (χ1v) is 42.5. The molecular weight excluding hydrogens is 1520 g/mol. The highest BCUT2D eigenvalue weighted by Crippen LogP contribution is 2.47. The topological polar surface area (TPSA) is 104 Å². The van der Waals surface area contributed by atoms with Gasteiger partial charge in [0.05, 0.1) is 11.4 Å². The van der Waals surface area contributed by atoms with E-state index in [1.54, 1.807) is 0 Å². The van der Waals surface area contributed by atoms with Crippen molar-refractivity contribution in [1.29, 1.82) is 0 Å². The predicted octanol–water partition coefficient (Wildman–Crippen LogP) is 31.5. The molecule has 0 aliphatic heterocycles. The summed E-state index contributed by atoms with van der Waals surface area (Å²) in [6.07, 6.45) is 0. The number of hydrogen-bond donors (Lipinski definition) is 0. The largest absolute Gasteiger partial charge is 0.456 e. The predicted molar refractivity (Wildman–Crippen MR) is 501 cm³/mol. The number of furan rings is 3. The zero-order chi connectivity index (χ0) is 78.6. The van der Waals surface area contributed by atoms with Gasteiger partial charge < -0.3 is 13.3 Å². The molecule has 0 atom stereocenters. The van der Waals surface area contributed by atoms with Gasteiger partial charge in [0.2, 0.25) is 0 Å². The maximum atomic E-state index is 6.74. The second kappa shape index (κ2) is 27.3. The molecule has 0 saturated carbocycles. The van der Waals surface area contributed by atoms with Crippen LogP contribution in [0.4, 0.5) is 0 Å². The molecule has 0 spiro atoms. The van der Waals surface area contributed by atoms with Crippen LogP contribution < -0.4 is 0 Å². The van der Waals surface area contributed by atoms with Crippen LogP contribution in [-0.2, 0) is 0 Å². The molecule has 0 N–H and O–H groups in total. The summed E-state index contributed by atoms with van der Waals surface area (Å²) >= 11 is 5.50. The van der Waals surface area contributed by atoms with Gasteiger partial charge in [-0.1, -0.05) is 206 Å². The first-order valence-electron chi connectivity index (χ1n) is 40.1. The fraction of sp³-hybridized carbons (Fsp3) is 0. The smallest absolute Gasteiger partial charge is 0.164 e. The Hall–Kier alpha value is -15.1. The minimum Gasteiger partial charge on any atom is -0.456 e. The minimum atomic E-state index is 0.560. The van der Waals surface area contributed by atoms with Crippen LogP contribution >= 0.6 is 34.0 Å². The lowest BCUT2D eigenvalue weighted by atomic mass is 9.93. The van der Waals surface area contributed by atoms with Crippen LogP contribution in [0.3, 0.4) is 0 Å². The van der Waals surface area contributed by atoms with E-state index in [2.05, 4.69) is 309 Å². The van der Waals surface area contributed by atoms with Gasteiger partial charge in [-0.25, -0.2) is 24.9 Å². The number of hydrogen-bond acceptors (Lipinski definition) is 11. The molecule has 0 unspecified atom stereocenters. The van der Waals surface area contributed by atoms with Crippen LogP contribution in [0.2, 0.25) is 0 Å². The second-order valence-corrected chi connectivity index (χ2v) is 34.2. The fourth-order valence-corrected chi connectivity index (χ4v) is 21.0. The lowest BCUT2D eigenvalue weighted by Gasteiger charge is -2.14. The first kappa shape index (κ1) is 68.1. The Morgan fingerprint density at radius 3 is 0.917 bits per heavy atom. The summed E-state index contributed by atoms with van der Waals surface area (Å²) in [4.78, 5) is 26.7.